The summed E-state index contributed by atoms with van der Waals surface area (Å²) in [5, 5.41) is 12.8. The molecular formula is C54H48BrCoP3. The number of halogens is 1. The van der Waals surface area contributed by atoms with Gasteiger partial charge in [0.2, 0.25) is 0 Å². The third-order valence-corrected chi connectivity index (χ3v) is 74.5. The number of hydrogen-bond donors (Lipinski definition) is 0. The van der Waals surface area contributed by atoms with E-state index in [-0.39, 0.29) is 0 Å². The maximum atomic E-state index is 5.58. The van der Waals surface area contributed by atoms with Crippen LogP contribution in [0.1, 0.15) is 0 Å². The van der Waals surface area contributed by atoms with Crippen LogP contribution in [0, 0.1) is 0 Å². The van der Waals surface area contributed by atoms with Gasteiger partial charge in [-0.2, -0.15) is 0 Å². The van der Waals surface area contributed by atoms with E-state index in [1.54, 1.807) is 0 Å². The summed E-state index contributed by atoms with van der Waals surface area (Å²) in [5.74, 6) is -10.2. The Kier molecular flexibility index (Phi) is 11.8. The van der Waals surface area contributed by atoms with Crippen molar-refractivity contribution in [3.63, 3.8) is 0 Å². The van der Waals surface area contributed by atoms with Gasteiger partial charge in [0, 0.05) is 0 Å². The van der Waals surface area contributed by atoms with E-state index in [1.165, 1.54) is 47.7 Å². The Morgan fingerprint density at radius 2 is 0.288 bits per heavy atom. The molecule has 0 N–H and O–H groups in total. The van der Waals surface area contributed by atoms with Crippen molar-refractivity contribution >= 4 is 79.9 Å². The summed E-state index contributed by atoms with van der Waals surface area (Å²) >= 11 is 5.58. The molecule has 5 heteroatoms. The molecule has 0 aliphatic rings. The van der Waals surface area contributed by atoms with Gasteiger partial charge in [-0.05, 0) is 0 Å². The van der Waals surface area contributed by atoms with Gasteiger partial charge in [-0.1, -0.05) is 0 Å². The molecular weight excluding hydrogens is 880 g/mol. The molecule has 0 bridgehead atoms. The van der Waals surface area contributed by atoms with E-state index in [1.807, 2.05) is 0 Å². The van der Waals surface area contributed by atoms with Crippen molar-refractivity contribution in [1.82, 2.24) is 0 Å². The van der Waals surface area contributed by atoms with Gasteiger partial charge in [0.25, 0.3) is 0 Å². The normalized spacial score (nSPS) is 14.3. The van der Waals surface area contributed by atoms with Crippen LogP contribution in [0.4, 0.5) is 0 Å². The van der Waals surface area contributed by atoms with Crippen LogP contribution in [0.5, 0.6) is 0 Å². The molecule has 0 fully saturated rings. The van der Waals surface area contributed by atoms with Gasteiger partial charge < -0.3 is 0 Å². The number of benzene rings is 9. The molecule has 0 aromatic heterocycles. The van der Waals surface area contributed by atoms with Gasteiger partial charge in [0.1, 0.15) is 0 Å². The Hall–Kier alpha value is -4.74. The van der Waals surface area contributed by atoms with E-state index in [0.717, 1.165) is 0 Å². The molecule has 0 heterocycles. The summed E-state index contributed by atoms with van der Waals surface area (Å²) in [6.07, 6.45) is 0. The second-order valence-electron chi connectivity index (χ2n) is 14.6. The molecule has 9 rings (SSSR count). The monoisotopic (exact) mass is 927 g/mol. The third-order valence-electron chi connectivity index (χ3n) is 11.5. The SMILES string of the molecule is [Br][Co]([PH](c1ccccc1)(c1ccccc1)c1ccccc1)([PH](c1ccccc1)(c1ccccc1)c1ccccc1)[PH](c1ccccc1)(c1ccccc1)c1ccccc1. The maximum absolute atomic E-state index is 5.58. The van der Waals surface area contributed by atoms with Crippen LogP contribution in [0.25, 0.3) is 0 Å². The van der Waals surface area contributed by atoms with Crippen molar-refractivity contribution in [3.8, 4) is 0 Å². The van der Waals surface area contributed by atoms with Gasteiger partial charge in [-0.15, -0.1) is 0 Å². The van der Waals surface area contributed by atoms with Crippen LogP contribution in [0.3, 0.4) is 0 Å². The molecule has 0 unspecified atom stereocenters. The second-order valence-corrected chi connectivity index (χ2v) is 51.6. The fourth-order valence-electron chi connectivity index (χ4n) is 9.20. The van der Waals surface area contributed by atoms with E-state index < -0.39 is 27.5 Å². The Morgan fingerprint density at radius 3 is 0.390 bits per heavy atom. The molecule has 9 aromatic rings. The zero-order chi connectivity index (χ0) is 40.0. The van der Waals surface area contributed by atoms with Gasteiger partial charge in [0.15, 0.2) is 0 Å². The van der Waals surface area contributed by atoms with Crippen molar-refractivity contribution in [2.45, 2.75) is 0 Å². The molecule has 0 spiro atoms. The first-order valence-corrected chi connectivity index (χ1v) is 32.8. The van der Waals surface area contributed by atoms with Crippen molar-refractivity contribution in [2.75, 3.05) is 0 Å². The van der Waals surface area contributed by atoms with Crippen LogP contribution in [0.2, 0.25) is 0 Å². The van der Waals surface area contributed by atoms with Crippen molar-refractivity contribution in [3.05, 3.63) is 273 Å². The fraction of sp³-hybridized carbons (Fsp3) is 0. The van der Waals surface area contributed by atoms with Crippen molar-refractivity contribution in [1.29, 1.82) is 0 Å². The zero-order valence-electron chi connectivity index (χ0n) is 32.7. The summed E-state index contributed by atoms with van der Waals surface area (Å²) in [7, 11) is -2.93. The number of rotatable bonds is 12. The topological polar surface area (TPSA) is 0 Å². The Labute approximate surface area is 359 Å². The van der Waals surface area contributed by atoms with E-state index in [2.05, 4.69) is 273 Å². The average Bonchev–Trinajstić information content (AvgIpc) is 3.33. The standard InChI is InChI=1S/3C18H15P.BrH.Co/c3*1-4-10-16(11-5-1)19(17-12-6-2-7-13-17)18-14-8-3-9-15-18;;/h3*1-15H;1H;/q;;;;-2/p+2. The zero-order valence-corrected chi connectivity index (χ0v) is 38.3. The summed E-state index contributed by atoms with van der Waals surface area (Å²) in [5.41, 5.74) is 0. The molecule has 0 saturated heterocycles. The fourth-order valence-corrected chi connectivity index (χ4v) is 94.9. The molecule has 59 heavy (non-hydrogen) atoms. The summed E-state index contributed by atoms with van der Waals surface area (Å²) in [6, 6.07) is 105. The van der Waals surface area contributed by atoms with Crippen molar-refractivity contribution in [2.24, 2.45) is 0 Å². The Morgan fingerprint density at radius 1 is 0.186 bits per heavy atom. The molecule has 0 aliphatic carbocycles. The molecule has 0 amide bonds. The number of hydrogen-bond acceptors (Lipinski definition) is 0. The quantitative estimate of drug-likeness (QED) is 0.107. The molecule has 295 valence electrons. The van der Waals surface area contributed by atoms with Crippen molar-refractivity contribution < 1.29 is 9.51 Å². The third kappa shape index (κ3) is 6.37. The van der Waals surface area contributed by atoms with Crippen LogP contribution < -0.4 is 47.7 Å². The minimum absolute atomic E-state index is 1.42. The minimum atomic E-state index is -3.40. The molecule has 0 nitrogen and oxygen atoms in total. The van der Waals surface area contributed by atoms with Crippen LogP contribution in [0.15, 0.2) is 273 Å². The van der Waals surface area contributed by atoms with Crippen LogP contribution >= 0.6 is 32.2 Å². The summed E-state index contributed by atoms with van der Waals surface area (Å²) in [4.78, 5) is 0. The Bertz CT molecular complexity index is 2100. The summed E-state index contributed by atoms with van der Waals surface area (Å²) in [6.45, 7) is 0. The van der Waals surface area contributed by atoms with E-state index in [4.69, 9.17) is 14.2 Å². The molecule has 0 saturated carbocycles. The predicted octanol–water partition coefficient (Wildman–Crippen LogP) is 10.4. The van der Waals surface area contributed by atoms with Gasteiger partial charge in [-0.25, -0.2) is 0 Å². The van der Waals surface area contributed by atoms with E-state index >= 15 is 0 Å². The average molecular weight is 929 g/mol. The van der Waals surface area contributed by atoms with Gasteiger partial charge in [0.05, 0.1) is 0 Å². The van der Waals surface area contributed by atoms with E-state index in [9.17, 15) is 0 Å². The first-order valence-electron chi connectivity index (χ1n) is 20.1. The van der Waals surface area contributed by atoms with Gasteiger partial charge in [-0.3, -0.25) is 0 Å². The molecule has 9 aromatic carbocycles. The van der Waals surface area contributed by atoms with Crippen LogP contribution in [-0.4, -0.2) is 0 Å². The molecule has 0 aliphatic heterocycles. The second kappa shape index (κ2) is 17.5. The first kappa shape index (κ1) is 39.7. The van der Waals surface area contributed by atoms with E-state index in [0.29, 0.717) is 0 Å². The molecule has 0 radical (unpaired) electrons. The Balaban J connectivity index is 1.71. The van der Waals surface area contributed by atoms with Gasteiger partial charge >= 0.3 is 362 Å². The predicted molar refractivity (Wildman–Crippen MR) is 269 cm³/mol. The summed E-state index contributed by atoms with van der Waals surface area (Å²) < 4.78 is 0. The first-order chi connectivity index (χ1) is 29.2. The molecule has 0 atom stereocenters. The van der Waals surface area contributed by atoms with Crippen LogP contribution in [-0.2, 0) is 9.51 Å².